The summed E-state index contributed by atoms with van der Waals surface area (Å²) in [6.07, 6.45) is 0. The van der Waals surface area contributed by atoms with Crippen LogP contribution in [0.3, 0.4) is 0 Å². The molecule has 3 aromatic carbocycles. The van der Waals surface area contributed by atoms with Gasteiger partial charge in [0.05, 0.1) is 28.5 Å². The summed E-state index contributed by atoms with van der Waals surface area (Å²) in [4.78, 5) is 29.0. The normalized spacial score (nSPS) is 27.7. The summed E-state index contributed by atoms with van der Waals surface area (Å²) in [7, 11) is 0. The molecule has 4 nitrogen and oxygen atoms in total. The summed E-state index contributed by atoms with van der Waals surface area (Å²) in [6, 6.07) is 23.6. The molecular weight excluding hydrogens is 454 g/mol. The number of halogens is 1. The van der Waals surface area contributed by atoms with E-state index in [1.54, 1.807) is 12.1 Å². The fraction of sp³-hybridized carbons (Fsp3) is 0.231. The Morgan fingerprint density at radius 1 is 0.871 bits per heavy atom. The van der Waals surface area contributed by atoms with Gasteiger partial charge in [-0.15, -0.1) is 0 Å². The van der Waals surface area contributed by atoms with Crippen molar-refractivity contribution in [1.82, 2.24) is 0 Å². The minimum absolute atomic E-state index is 0.124. The molecule has 1 heterocycles. The van der Waals surface area contributed by atoms with Gasteiger partial charge < -0.3 is 4.74 Å². The molecule has 7 rings (SSSR count). The average Bonchev–Trinajstić information content (AvgIpc) is 3.07. The van der Waals surface area contributed by atoms with Crippen molar-refractivity contribution in [1.29, 1.82) is 0 Å². The lowest BCUT2D eigenvalue weighted by atomic mass is 9.55. The summed E-state index contributed by atoms with van der Waals surface area (Å²) in [6.45, 7) is 2.49. The van der Waals surface area contributed by atoms with Crippen LogP contribution in [-0.4, -0.2) is 18.4 Å². The van der Waals surface area contributed by atoms with Gasteiger partial charge in [-0.2, -0.15) is 0 Å². The molecule has 5 heteroatoms. The highest BCUT2D eigenvalue weighted by molar-refractivity contribution is 9.09. The van der Waals surface area contributed by atoms with Gasteiger partial charge in [0.1, 0.15) is 5.75 Å². The number of anilines is 1. The van der Waals surface area contributed by atoms with E-state index in [2.05, 4.69) is 40.2 Å². The number of carbonyl (C=O) groups excluding carboxylic acids is 2. The molecule has 4 aliphatic rings. The smallest absolute Gasteiger partial charge is 0.239 e. The van der Waals surface area contributed by atoms with Crippen molar-refractivity contribution in [3.63, 3.8) is 0 Å². The fourth-order valence-electron chi connectivity index (χ4n) is 5.79. The zero-order valence-corrected chi connectivity index (χ0v) is 18.5. The van der Waals surface area contributed by atoms with Crippen molar-refractivity contribution in [2.45, 2.75) is 17.2 Å². The highest BCUT2D eigenvalue weighted by atomic mass is 79.9. The number of benzene rings is 3. The Bertz CT molecular complexity index is 1190. The molecule has 1 fully saturated rings. The van der Waals surface area contributed by atoms with Gasteiger partial charge in [0.15, 0.2) is 0 Å². The molecule has 154 valence electrons. The minimum atomic E-state index is -0.716. The summed E-state index contributed by atoms with van der Waals surface area (Å²) in [5.74, 6) is -0.591. The number of ether oxygens (including phenoxy) is 1. The molecule has 0 radical (unpaired) electrons. The zero-order chi connectivity index (χ0) is 21.3. The van der Waals surface area contributed by atoms with E-state index in [1.807, 2.05) is 43.3 Å². The predicted molar refractivity (Wildman–Crippen MR) is 122 cm³/mol. The van der Waals surface area contributed by atoms with Crippen LogP contribution >= 0.6 is 15.9 Å². The predicted octanol–water partition coefficient (Wildman–Crippen LogP) is 4.99. The molecule has 1 unspecified atom stereocenters. The summed E-state index contributed by atoms with van der Waals surface area (Å²) >= 11 is 4.02. The lowest BCUT2D eigenvalue weighted by molar-refractivity contribution is -0.122. The first-order valence-corrected chi connectivity index (χ1v) is 11.3. The van der Waals surface area contributed by atoms with E-state index in [9.17, 15) is 9.59 Å². The van der Waals surface area contributed by atoms with Crippen LogP contribution in [0.2, 0.25) is 0 Å². The molecular formula is C26H20BrNO3. The third-order valence-electron chi connectivity index (χ3n) is 6.92. The van der Waals surface area contributed by atoms with Crippen LogP contribution in [-0.2, 0) is 13.9 Å². The molecule has 2 bridgehead atoms. The second-order valence-electron chi connectivity index (χ2n) is 8.31. The molecule has 3 aliphatic carbocycles. The maximum Gasteiger partial charge on any atom is 0.239 e. The number of hydrogen-bond donors (Lipinski definition) is 0. The number of carbonyl (C=O) groups is 2. The van der Waals surface area contributed by atoms with Crippen molar-refractivity contribution in [2.24, 2.45) is 11.8 Å². The SMILES string of the molecule is CCOc1ccc(N2C(=O)C3[C@H](C2=O)C2c4ccccc4C3(Br)c3ccccc32)cc1. The Kier molecular flexibility index (Phi) is 3.97. The quantitative estimate of drug-likeness (QED) is 0.397. The lowest BCUT2D eigenvalue weighted by Gasteiger charge is -2.51. The first kappa shape index (κ1) is 18.8. The van der Waals surface area contributed by atoms with E-state index in [0.29, 0.717) is 12.3 Å². The molecule has 3 aromatic rings. The third kappa shape index (κ3) is 2.30. The van der Waals surface area contributed by atoms with E-state index in [-0.39, 0.29) is 17.7 Å². The Hall–Kier alpha value is -2.92. The number of amides is 2. The van der Waals surface area contributed by atoms with Crippen molar-refractivity contribution in [2.75, 3.05) is 11.5 Å². The standard InChI is InChI=1S/C26H20BrNO3/c1-2-31-16-13-11-15(12-14-16)28-24(29)22-21-17-7-3-5-9-19(17)26(27,23(22)25(28)30)20-10-6-4-8-18(20)21/h3-14,21-23H,2H2,1H3/t21?,22-,23?,26?/m1/s1. The molecule has 0 aromatic heterocycles. The van der Waals surface area contributed by atoms with Crippen LogP contribution in [0.1, 0.15) is 35.1 Å². The molecule has 1 saturated heterocycles. The maximum absolute atomic E-state index is 13.8. The topological polar surface area (TPSA) is 46.6 Å². The number of hydrogen-bond acceptors (Lipinski definition) is 3. The van der Waals surface area contributed by atoms with Gasteiger partial charge in [0.25, 0.3) is 0 Å². The van der Waals surface area contributed by atoms with Gasteiger partial charge >= 0.3 is 0 Å². The van der Waals surface area contributed by atoms with Crippen molar-refractivity contribution in [3.8, 4) is 5.75 Å². The van der Waals surface area contributed by atoms with Crippen molar-refractivity contribution < 1.29 is 14.3 Å². The molecule has 2 atom stereocenters. The van der Waals surface area contributed by atoms with Gasteiger partial charge in [-0.3, -0.25) is 9.59 Å². The van der Waals surface area contributed by atoms with Crippen LogP contribution < -0.4 is 9.64 Å². The number of rotatable bonds is 3. The Morgan fingerprint density at radius 2 is 1.45 bits per heavy atom. The molecule has 2 amide bonds. The van der Waals surface area contributed by atoms with Gasteiger partial charge in [-0.1, -0.05) is 64.5 Å². The number of imide groups is 1. The van der Waals surface area contributed by atoms with Crippen LogP contribution in [0.25, 0.3) is 0 Å². The van der Waals surface area contributed by atoms with Gasteiger partial charge in [0.2, 0.25) is 11.8 Å². The fourth-order valence-corrected chi connectivity index (χ4v) is 6.99. The second-order valence-corrected chi connectivity index (χ2v) is 9.56. The minimum Gasteiger partial charge on any atom is -0.494 e. The van der Waals surface area contributed by atoms with E-state index in [4.69, 9.17) is 4.74 Å². The molecule has 0 spiro atoms. The molecule has 0 N–H and O–H groups in total. The molecule has 1 aliphatic heterocycles. The van der Waals surface area contributed by atoms with E-state index < -0.39 is 16.2 Å². The maximum atomic E-state index is 13.8. The monoisotopic (exact) mass is 473 g/mol. The largest absolute Gasteiger partial charge is 0.494 e. The highest BCUT2D eigenvalue weighted by Gasteiger charge is 2.67. The van der Waals surface area contributed by atoms with E-state index in [0.717, 1.165) is 28.0 Å². The second kappa shape index (κ2) is 6.54. The summed E-state index contributed by atoms with van der Waals surface area (Å²) in [5, 5.41) is 0. The average molecular weight is 474 g/mol. The zero-order valence-electron chi connectivity index (χ0n) is 16.9. The van der Waals surface area contributed by atoms with Crippen LogP contribution in [0.15, 0.2) is 72.8 Å². The van der Waals surface area contributed by atoms with Crippen molar-refractivity contribution >= 4 is 33.4 Å². The Labute approximate surface area is 189 Å². The number of nitrogens with zero attached hydrogens (tertiary/aromatic N) is 1. The van der Waals surface area contributed by atoms with E-state index >= 15 is 0 Å². The molecule has 0 saturated carbocycles. The third-order valence-corrected chi connectivity index (χ3v) is 8.27. The van der Waals surface area contributed by atoms with Gasteiger partial charge in [-0.05, 0) is 53.4 Å². The first-order valence-electron chi connectivity index (χ1n) is 10.6. The van der Waals surface area contributed by atoms with Crippen molar-refractivity contribution in [3.05, 3.63) is 95.1 Å². The van der Waals surface area contributed by atoms with Crippen LogP contribution in [0, 0.1) is 11.8 Å². The van der Waals surface area contributed by atoms with Crippen LogP contribution in [0.5, 0.6) is 5.75 Å². The highest BCUT2D eigenvalue weighted by Crippen LogP contribution is 2.66. The van der Waals surface area contributed by atoms with Gasteiger partial charge in [0, 0.05) is 5.92 Å². The Balaban J connectivity index is 1.53. The molecule has 31 heavy (non-hydrogen) atoms. The number of alkyl halides is 1. The van der Waals surface area contributed by atoms with Crippen LogP contribution in [0.4, 0.5) is 5.69 Å². The summed E-state index contributed by atoms with van der Waals surface area (Å²) in [5.41, 5.74) is 5.05. The first-order chi connectivity index (χ1) is 15.1. The van der Waals surface area contributed by atoms with Gasteiger partial charge in [-0.25, -0.2) is 4.90 Å². The lowest BCUT2D eigenvalue weighted by Crippen LogP contribution is -2.50. The Morgan fingerprint density at radius 3 is 2.03 bits per heavy atom. The summed E-state index contributed by atoms with van der Waals surface area (Å²) < 4.78 is 4.80. The van der Waals surface area contributed by atoms with E-state index in [1.165, 1.54) is 4.90 Å².